The highest BCUT2D eigenvalue weighted by Gasteiger charge is 2.10. The van der Waals surface area contributed by atoms with E-state index in [-0.39, 0.29) is 0 Å². The van der Waals surface area contributed by atoms with Crippen LogP contribution in [0.4, 0.5) is 0 Å². The smallest absolute Gasteiger partial charge is 0.138 e. The predicted molar refractivity (Wildman–Crippen MR) is 75.8 cm³/mol. The molecule has 4 heteroatoms. The van der Waals surface area contributed by atoms with Crippen molar-refractivity contribution in [3.8, 4) is 6.07 Å². The average Bonchev–Trinajstić information content (AvgIpc) is 2.66. The molecule has 0 saturated carbocycles. The summed E-state index contributed by atoms with van der Waals surface area (Å²) in [5, 5.41) is 11.2. The van der Waals surface area contributed by atoms with Crippen LogP contribution in [0.5, 0.6) is 0 Å². The average molecular weight is 333 g/mol. The summed E-state index contributed by atoms with van der Waals surface area (Å²) in [7, 11) is 0. The number of aryl methyl sites for hydroxylation is 1. The number of rotatable bonds is 0. The van der Waals surface area contributed by atoms with Crippen LogP contribution in [0.3, 0.4) is 0 Å². The van der Waals surface area contributed by atoms with E-state index in [2.05, 4.69) is 44.7 Å². The summed E-state index contributed by atoms with van der Waals surface area (Å²) in [6.07, 6.45) is 1.84. The molecule has 2 aromatic heterocycles. The fourth-order valence-corrected chi connectivity index (χ4v) is 2.95. The van der Waals surface area contributed by atoms with Crippen LogP contribution in [-0.4, -0.2) is 9.97 Å². The highest BCUT2D eigenvalue weighted by atomic mass is 127. The summed E-state index contributed by atoms with van der Waals surface area (Å²) in [4.78, 5) is 7.63. The molecule has 0 fully saturated rings. The maximum Gasteiger partial charge on any atom is 0.138 e. The third-order valence-corrected chi connectivity index (χ3v) is 3.62. The largest absolute Gasteiger partial charge is 0.339 e. The van der Waals surface area contributed by atoms with Crippen LogP contribution >= 0.6 is 22.6 Å². The molecule has 17 heavy (non-hydrogen) atoms. The molecule has 0 radical (unpaired) electrons. The first-order valence-electron chi connectivity index (χ1n) is 5.17. The van der Waals surface area contributed by atoms with Crippen LogP contribution in [0, 0.1) is 21.8 Å². The Labute approximate surface area is 112 Å². The maximum absolute atomic E-state index is 8.96. The Kier molecular flexibility index (Phi) is 2.30. The number of fused-ring (bicyclic) bond motifs is 3. The van der Waals surface area contributed by atoms with E-state index in [1.54, 1.807) is 0 Å². The number of aromatic amines is 1. The molecule has 1 N–H and O–H groups in total. The van der Waals surface area contributed by atoms with Crippen LogP contribution < -0.4 is 0 Å². The van der Waals surface area contributed by atoms with Gasteiger partial charge in [-0.1, -0.05) is 0 Å². The van der Waals surface area contributed by atoms with Gasteiger partial charge in [0.15, 0.2) is 0 Å². The summed E-state index contributed by atoms with van der Waals surface area (Å²) < 4.78 is 1.08. The second-order valence-electron chi connectivity index (χ2n) is 4.03. The molecule has 0 aliphatic heterocycles. The van der Waals surface area contributed by atoms with Crippen LogP contribution in [0.2, 0.25) is 0 Å². The van der Waals surface area contributed by atoms with Gasteiger partial charge < -0.3 is 4.98 Å². The minimum Gasteiger partial charge on any atom is -0.339 e. The van der Waals surface area contributed by atoms with E-state index in [4.69, 9.17) is 5.26 Å². The summed E-state index contributed by atoms with van der Waals surface area (Å²) in [5.41, 5.74) is 3.66. The van der Waals surface area contributed by atoms with Gasteiger partial charge in [-0.15, -0.1) is 0 Å². The topological polar surface area (TPSA) is 52.5 Å². The Balaban J connectivity index is 2.54. The van der Waals surface area contributed by atoms with Crippen LogP contribution in [-0.2, 0) is 0 Å². The van der Waals surface area contributed by atoms with Crippen LogP contribution in [0.15, 0.2) is 24.4 Å². The first-order valence-corrected chi connectivity index (χ1v) is 6.24. The third kappa shape index (κ3) is 1.58. The Hall–Kier alpha value is -1.61. The number of nitrogens with zero attached hydrogens (tertiary/aromatic N) is 2. The van der Waals surface area contributed by atoms with Gasteiger partial charge in [-0.3, -0.25) is 0 Å². The van der Waals surface area contributed by atoms with E-state index in [0.29, 0.717) is 5.56 Å². The molecule has 82 valence electrons. The Morgan fingerprint density at radius 2 is 2.18 bits per heavy atom. The first kappa shape index (κ1) is 10.5. The normalized spacial score (nSPS) is 10.9. The summed E-state index contributed by atoms with van der Waals surface area (Å²) in [5.74, 6) is 0. The summed E-state index contributed by atoms with van der Waals surface area (Å²) in [6.45, 7) is 2.03. The van der Waals surface area contributed by atoms with E-state index < -0.39 is 0 Å². The van der Waals surface area contributed by atoms with Gasteiger partial charge in [0.25, 0.3) is 0 Å². The third-order valence-electron chi connectivity index (χ3n) is 2.77. The van der Waals surface area contributed by atoms with Gasteiger partial charge in [0.05, 0.1) is 17.1 Å². The van der Waals surface area contributed by atoms with Crippen molar-refractivity contribution >= 4 is 44.5 Å². The molecule has 0 amide bonds. The van der Waals surface area contributed by atoms with Crippen molar-refractivity contribution in [2.75, 3.05) is 0 Å². The molecule has 0 bridgehead atoms. The molecule has 0 aliphatic carbocycles. The first-order chi connectivity index (χ1) is 8.19. The zero-order valence-corrected chi connectivity index (χ0v) is 11.2. The highest BCUT2D eigenvalue weighted by molar-refractivity contribution is 14.1. The van der Waals surface area contributed by atoms with E-state index in [1.807, 2.05) is 25.3 Å². The number of aromatic nitrogens is 2. The quantitative estimate of drug-likeness (QED) is 0.640. The number of nitrogens with one attached hydrogen (secondary N) is 1. The fraction of sp³-hybridized carbons (Fsp3) is 0.0769. The Bertz CT molecular complexity index is 781. The lowest BCUT2D eigenvalue weighted by molar-refractivity contribution is 1.30. The highest BCUT2D eigenvalue weighted by Crippen LogP contribution is 2.29. The molecule has 3 rings (SSSR count). The Morgan fingerprint density at radius 1 is 1.35 bits per heavy atom. The molecule has 3 aromatic rings. The molecule has 0 saturated heterocycles. The van der Waals surface area contributed by atoms with E-state index in [0.717, 1.165) is 31.1 Å². The number of benzene rings is 1. The number of H-pyrrole nitrogens is 1. The van der Waals surface area contributed by atoms with Crippen LogP contribution in [0.25, 0.3) is 21.9 Å². The fourth-order valence-electron chi connectivity index (χ4n) is 2.03. The minimum atomic E-state index is 0.671. The molecular formula is C13H8IN3. The molecule has 0 spiro atoms. The number of halogens is 1. The SMILES string of the molecule is Cc1cnc2[nH]c3cc(C#N)cc(I)c3c2c1. The van der Waals surface area contributed by atoms with Crippen LogP contribution in [0.1, 0.15) is 11.1 Å². The van der Waals surface area contributed by atoms with Gasteiger partial charge in [0, 0.05) is 20.5 Å². The number of hydrogen-bond acceptors (Lipinski definition) is 2. The summed E-state index contributed by atoms with van der Waals surface area (Å²) >= 11 is 2.26. The van der Waals surface area contributed by atoms with Crippen molar-refractivity contribution in [3.05, 3.63) is 39.1 Å². The predicted octanol–water partition coefficient (Wildman–Crippen LogP) is 3.50. The second kappa shape index (κ2) is 3.70. The van der Waals surface area contributed by atoms with Crippen molar-refractivity contribution in [1.29, 1.82) is 5.26 Å². The Morgan fingerprint density at radius 3 is 2.94 bits per heavy atom. The van der Waals surface area contributed by atoms with Crippen molar-refractivity contribution in [2.45, 2.75) is 6.92 Å². The molecule has 0 atom stereocenters. The number of pyridine rings is 1. The number of hydrogen-bond donors (Lipinski definition) is 1. The lowest BCUT2D eigenvalue weighted by Crippen LogP contribution is -1.80. The van der Waals surface area contributed by atoms with Gasteiger partial charge in [-0.05, 0) is 53.3 Å². The van der Waals surface area contributed by atoms with E-state index in [1.165, 1.54) is 0 Å². The van der Waals surface area contributed by atoms with Crippen molar-refractivity contribution in [1.82, 2.24) is 9.97 Å². The standard InChI is InChI=1S/C13H8IN3/c1-7-2-9-12-10(14)3-8(5-15)4-11(12)17-13(9)16-6-7/h2-4,6H,1H3,(H,16,17). The van der Waals surface area contributed by atoms with Gasteiger partial charge in [0.2, 0.25) is 0 Å². The van der Waals surface area contributed by atoms with Gasteiger partial charge in [-0.2, -0.15) is 5.26 Å². The summed E-state index contributed by atoms with van der Waals surface area (Å²) in [6, 6.07) is 8.06. The zero-order valence-electron chi connectivity index (χ0n) is 9.08. The zero-order chi connectivity index (χ0) is 12.0. The van der Waals surface area contributed by atoms with E-state index in [9.17, 15) is 0 Å². The van der Waals surface area contributed by atoms with Gasteiger partial charge >= 0.3 is 0 Å². The maximum atomic E-state index is 8.96. The molecule has 0 aliphatic rings. The van der Waals surface area contributed by atoms with E-state index >= 15 is 0 Å². The lowest BCUT2D eigenvalue weighted by Gasteiger charge is -1.97. The molecule has 3 nitrogen and oxygen atoms in total. The van der Waals surface area contributed by atoms with Gasteiger partial charge in [0.1, 0.15) is 5.65 Å². The lowest BCUT2D eigenvalue weighted by atomic mass is 10.1. The molecule has 0 unspecified atom stereocenters. The van der Waals surface area contributed by atoms with Gasteiger partial charge in [-0.25, -0.2) is 4.98 Å². The van der Waals surface area contributed by atoms with Crippen molar-refractivity contribution < 1.29 is 0 Å². The minimum absolute atomic E-state index is 0.671. The molecule has 1 aromatic carbocycles. The second-order valence-corrected chi connectivity index (χ2v) is 5.19. The monoisotopic (exact) mass is 333 g/mol. The molecular weight excluding hydrogens is 325 g/mol. The van der Waals surface area contributed by atoms with Crippen molar-refractivity contribution in [2.24, 2.45) is 0 Å². The number of nitriles is 1. The molecule has 2 heterocycles. The van der Waals surface area contributed by atoms with Crippen molar-refractivity contribution in [3.63, 3.8) is 0 Å².